The third kappa shape index (κ3) is 2.77. The Labute approximate surface area is 142 Å². The van der Waals surface area contributed by atoms with Gasteiger partial charge in [0.25, 0.3) is 0 Å². The topological polar surface area (TPSA) is 35.2 Å². The zero-order chi connectivity index (χ0) is 17.6. The molecule has 5 nitrogen and oxygen atoms in total. The minimum Gasteiger partial charge on any atom is -0.489 e. The number of rotatable bonds is 2. The minimum absolute atomic E-state index is 0.0289. The number of anilines is 1. The fraction of sp³-hybridized carbons (Fsp3) is 0.467. The maximum Gasteiger partial charge on any atom is 0.452 e. The molecule has 0 aliphatic carbocycles. The number of halogens is 3. The molecular formula is C15H17F3N4OS. The molecule has 0 spiro atoms. The highest BCUT2D eigenvalue weighted by atomic mass is 32.1. The molecule has 0 amide bonds. The maximum atomic E-state index is 13.3. The fourth-order valence-corrected chi connectivity index (χ4v) is 3.02. The average Bonchev–Trinajstić information content (AvgIpc) is 2.82. The Morgan fingerprint density at radius 3 is 2.62 bits per heavy atom. The van der Waals surface area contributed by atoms with Crippen LogP contribution >= 0.6 is 12.2 Å². The molecule has 0 N–H and O–H groups in total. The molecule has 0 bridgehead atoms. The summed E-state index contributed by atoms with van der Waals surface area (Å²) in [6, 6.07) is 5.22. The Kier molecular flexibility index (Phi) is 4.06. The zero-order valence-electron chi connectivity index (χ0n) is 13.5. The number of fused-ring (bicyclic) bond motifs is 1. The molecule has 0 radical (unpaired) electrons. The van der Waals surface area contributed by atoms with Crippen LogP contribution in [0.2, 0.25) is 0 Å². The standard InChI is InChI=1S/C15H17F3N4OS/c1-9(2)21-6-7-23-12-8-10(4-5-11(12)21)22-13(15(16,17)18)19-20(3)14(22)24/h4-5,8-9H,6-7H2,1-3H3. The van der Waals surface area contributed by atoms with Crippen LogP contribution < -0.4 is 9.64 Å². The summed E-state index contributed by atoms with van der Waals surface area (Å²) in [5, 5.41) is 3.51. The number of aromatic nitrogens is 3. The summed E-state index contributed by atoms with van der Waals surface area (Å²) in [6.07, 6.45) is -4.60. The van der Waals surface area contributed by atoms with Crippen molar-refractivity contribution < 1.29 is 17.9 Å². The zero-order valence-corrected chi connectivity index (χ0v) is 14.3. The Morgan fingerprint density at radius 2 is 2.00 bits per heavy atom. The van der Waals surface area contributed by atoms with E-state index in [9.17, 15) is 13.2 Å². The lowest BCUT2D eigenvalue weighted by molar-refractivity contribution is -0.146. The number of nitrogens with zero attached hydrogens (tertiary/aromatic N) is 4. The van der Waals surface area contributed by atoms with E-state index in [4.69, 9.17) is 17.0 Å². The van der Waals surface area contributed by atoms with Gasteiger partial charge in [-0.1, -0.05) is 0 Å². The molecule has 9 heteroatoms. The van der Waals surface area contributed by atoms with Crippen LogP contribution in [-0.2, 0) is 13.2 Å². The SMILES string of the molecule is CC(C)N1CCOc2cc(-n3c(C(F)(F)F)nn(C)c3=S)ccc21. The van der Waals surface area contributed by atoms with Gasteiger partial charge in [0.15, 0.2) is 0 Å². The number of aryl methyl sites for hydroxylation is 1. The number of alkyl halides is 3. The van der Waals surface area contributed by atoms with Crippen molar-refractivity contribution in [2.45, 2.75) is 26.1 Å². The van der Waals surface area contributed by atoms with Gasteiger partial charge < -0.3 is 9.64 Å². The van der Waals surface area contributed by atoms with Gasteiger partial charge in [-0.3, -0.25) is 4.57 Å². The number of hydrogen-bond donors (Lipinski definition) is 0. The van der Waals surface area contributed by atoms with E-state index in [1.807, 2.05) is 0 Å². The van der Waals surface area contributed by atoms with Gasteiger partial charge in [0, 0.05) is 19.2 Å². The van der Waals surface area contributed by atoms with Crippen LogP contribution in [0.5, 0.6) is 5.75 Å². The second kappa shape index (κ2) is 5.80. The van der Waals surface area contributed by atoms with E-state index in [2.05, 4.69) is 23.8 Å². The summed E-state index contributed by atoms with van der Waals surface area (Å²) in [4.78, 5) is 2.15. The monoisotopic (exact) mass is 358 g/mol. The van der Waals surface area contributed by atoms with Gasteiger partial charge in [-0.25, -0.2) is 4.68 Å². The molecule has 0 fully saturated rings. The second-order valence-electron chi connectivity index (χ2n) is 5.85. The quantitative estimate of drug-likeness (QED) is 0.769. The van der Waals surface area contributed by atoms with E-state index in [0.717, 1.165) is 21.5 Å². The first-order valence-corrected chi connectivity index (χ1v) is 7.88. The van der Waals surface area contributed by atoms with Crippen molar-refractivity contribution in [3.8, 4) is 11.4 Å². The van der Waals surface area contributed by atoms with Gasteiger partial charge >= 0.3 is 6.18 Å². The molecule has 2 aromatic rings. The lowest BCUT2D eigenvalue weighted by Gasteiger charge is -2.34. The van der Waals surface area contributed by atoms with Gasteiger partial charge in [0.2, 0.25) is 10.6 Å². The van der Waals surface area contributed by atoms with Crippen molar-refractivity contribution in [2.75, 3.05) is 18.1 Å². The van der Waals surface area contributed by atoms with E-state index in [1.54, 1.807) is 18.2 Å². The normalized spacial score (nSPS) is 14.7. The highest BCUT2D eigenvalue weighted by Gasteiger charge is 2.38. The van der Waals surface area contributed by atoms with Crippen LogP contribution in [0.25, 0.3) is 5.69 Å². The van der Waals surface area contributed by atoms with Crippen LogP contribution in [-0.4, -0.2) is 33.5 Å². The fourth-order valence-electron chi connectivity index (χ4n) is 2.79. The lowest BCUT2D eigenvalue weighted by Crippen LogP contribution is -2.37. The summed E-state index contributed by atoms with van der Waals surface area (Å²) < 4.78 is 47.3. The second-order valence-corrected chi connectivity index (χ2v) is 6.22. The predicted molar refractivity (Wildman–Crippen MR) is 86.3 cm³/mol. The van der Waals surface area contributed by atoms with Crippen LogP contribution in [0, 0.1) is 4.77 Å². The third-order valence-electron chi connectivity index (χ3n) is 3.90. The third-order valence-corrected chi connectivity index (χ3v) is 4.35. The van der Waals surface area contributed by atoms with Gasteiger partial charge in [0.05, 0.1) is 17.9 Å². The van der Waals surface area contributed by atoms with E-state index in [0.29, 0.717) is 12.4 Å². The molecule has 0 saturated carbocycles. The molecule has 1 aliphatic heterocycles. The van der Waals surface area contributed by atoms with E-state index in [1.165, 1.54) is 7.05 Å². The van der Waals surface area contributed by atoms with Crippen molar-refractivity contribution >= 4 is 17.9 Å². The number of benzene rings is 1. The van der Waals surface area contributed by atoms with Gasteiger partial charge in [-0.15, -0.1) is 5.10 Å². The van der Waals surface area contributed by atoms with Crippen molar-refractivity contribution in [2.24, 2.45) is 7.05 Å². The molecule has 2 heterocycles. The van der Waals surface area contributed by atoms with Gasteiger partial charge in [0.1, 0.15) is 12.4 Å². The summed E-state index contributed by atoms with van der Waals surface area (Å²) in [5.74, 6) is -0.502. The molecule has 3 rings (SSSR count). The van der Waals surface area contributed by atoms with Gasteiger partial charge in [-0.2, -0.15) is 13.2 Å². The number of ether oxygens (including phenoxy) is 1. The van der Waals surface area contributed by atoms with E-state index >= 15 is 0 Å². The highest BCUT2D eigenvalue weighted by Crippen LogP contribution is 2.36. The summed E-state index contributed by atoms with van der Waals surface area (Å²) in [5.41, 5.74) is 1.15. The van der Waals surface area contributed by atoms with Crippen molar-refractivity contribution in [3.63, 3.8) is 0 Å². The molecule has 24 heavy (non-hydrogen) atoms. The molecule has 0 saturated heterocycles. The van der Waals surface area contributed by atoms with Crippen molar-refractivity contribution in [1.82, 2.24) is 14.3 Å². The van der Waals surface area contributed by atoms with E-state index in [-0.39, 0.29) is 16.5 Å². The van der Waals surface area contributed by atoms with Crippen LogP contribution in [0.4, 0.5) is 18.9 Å². The Balaban J connectivity index is 2.15. The molecule has 1 aromatic carbocycles. The van der Waals surface area contributed by atoms with Crippen LogP contribution in [0.3, 0.4) is 0 Å². The molecule has 130 valence electrons. The summed E-state index contributed by atoms with van der Waals surface area (Å²) >= 11 is 5.10. The molecular weight excluding hydrogens is 341 g/mol. The Bertz CT molecular complexity index is 825. The summed E-state index contributed by atoms with van der Waals surface area (Å²) in [7, 11) is 1.39. The van der Waals surface area contributed by atoms with Crippen LogP contribution in [0.15, 0.2) is 18.2 Å². The Morgan fingerprint density at radius 1 is 1.29 bits per heavy atom. The predicted octanol–water partition coefficient (Wildman–Crippen LogP) is 3.57. The maximum absolute atomic E-state index is 13.3. The van der Waals surface area contributed by atoms with Gasteiger partial charge in [-0.05, 0) is 38.2 Å². The molecule has 1 aliphatic rings. The smallest absolute Gasteiger partial charge is 0.452 e. The minimum atomic E-state index is -4.60. The highest BCUT2D eigenvalue weighted by molar-refractivity contribution is 7.71. The molecule has 0 unspecified atom stereocenters. The number of hydrogen-bond acceptors (Lipinski definition) is 4. The first kappa shape index (κ1) is 16.8. The first-order valence-electron chi connectivity index (χ1n) is 7.47. The largest absolute Gasteiger partial charge is 0.489 e. The van der Waals surface area contributed by atoms with Crippen molar-refractivity contribution in [1.29, 1.82) is 0 Å². The lowest BCUT2D eigenvalue weighted by atomic mass is 10.1. The Hall–Kier alpha value is -2.03. The molecule has 1 aromatic heterocycles. The average molecular weight is 358 g/mol. The van der Waals surface area contributed by atoms with Crippen LogP contribution in [0.1, 0.15) is 19.7 Å². The van der Waals surface area contributed by atoms with Crippen molar-refractivity contribution in [3.05, 3.63) is 28.8 Å². The van der Waals surface area contributed by atoms with E-state index < -0.39 is 12.0 Å². The summed E-state index contributed by atoms with van der Waals surface area (Å²) in [6.45, 7) is 5.34. The first-order chi connectivity index (χ1) is 11.2. The molecule has 0 atom stereocenters.